The number of aromatic nitrogens is 2. The third kappa shape index (κ3) is 5.55. The van der Waals surface area contributed by atoms with Gasteiger partial charge in [-0.3, -0.25) is 9.59 Å². The first-order chi connectivity index (χ1) is 20.7. The highest BCUT2D eigenvalue weighted by Crippen LogP contribution is 2.56. The van der Waals surface area contributed by atoms with Gasteiger partial charge in [0, 0.05) is 42.5 Å². The van der Waals surface area contributed by atoms with Crippen molar-refractivity contribution >= 4 is 40.5 Å². The lowest BCUT2D eigenvalue weighted by atomic mass is 9.85. The van der Waals surface area contributed by atoms with Crippen molar-refractivity contribution in [1.82, 2.24) is 9.55 Å². The Morgan fingerprint density at radius 1 is 1.18 bits per heavy atom. The Bertz CT molecular complexity index is 1610. The van der Waals surface area contributed by atoms with Crippen molar-refractivity contribution in [2.75, 3.05) is 5.32 Å². The van der Waals surface area contributed by atoms with E-state index in [1.54, 1.807) is 11.6 Å². The lowest BCUT2D eigenvalue weighted by molar-refractivity contribution is -0.462. The average molecular weight is 636 g/mol. The molecule has 6 rings (SSSR count). The maximum Gasteiger partial charge on any atom is 0.439 e. The van der Waals surface area contributed by atoms with Gasteiger partial charge in [-0.25, -0.2) is 9.37 Å². The van der Waals surface area contributed by atoms with Crippen LogP contribution in [-0.2, 0) is 11.8 Å². The molecule has 234 valence electrons. The Balaban J connectivity index is 1.19. The number of alkyl halides is 3. The summed E-state index contributed by atoms with van der Waals surface area (Å²) in [5, 5.41) is 18.2. The molecule has 2 amide bonds. The molecule has 2 unspecified atom stereocenters. The van der Waals surface area contributed by atoms with Gasteiger partial charge in [-0.15, -0.1) is 0 Å². The SMILES string of the molecule is Cn1cnc(C2CC3CC(O)(C4=C[N+](=C5CCC(C(N)=O)CC5)N=C4C(F)(F)F)CC3C2)c1C(=O)Nc1ccc(F)c(Cl)c1. The van der Waals surface area contributed by atoms with E-state index in [4.69, 9.17) is 17.3 Å². The molecule has 0 spiro atoms. The van der Waals surface area contributed by atoms with Crippen molar-refractivity contribution in [2.24, 2.45) is 35.6 Å². The first kappa shape index (κ1) is 30.4. The number of amides is 2. The molecule has 4 aliphatic rings. The van der Waals surface area contributed by atoms with Crippen LogP contribution in [0.4, 0.5) is 23.2 Å². The topological polar surface area (TPSA) is 126 Å². The Hall–Kier alpha value is -3.58. The number of hydrogen-bond donors (Lipinski definition) is 3. The molecule has 3 aliphatic carbocycles. The van der Waals surface area contributed by atoms with Crippen LogP contribution in [0.2, 0.25) is 5.02 Å². The molecule has 1 aromatic carbocycles. The van der Waals surface area contributed by atoms with Crippen LogP contribution < -0.4 is 11.1 Å². The quantitative estimate of drug-likeness (QED) is 0.314. The molecule has 14 heteroatoms. The normalized spacial score (nSPS) is 28.6. The molecule has 0 bridgehead atoms. The molecule has 0 saturated heterocycles. The van der Waals surface area contributed by atoms with Crippen LogP contribution in [0.25, 0.3) is 0 Å². The minimum atomic E-state index is -4.76. The van der Waals surface area contributed by atoms with Crippen LogP contribution in [0.5, 0.6) is 0 Å². The molecule has 2 heterocycles. The summed E-state index contributed by atoms with van der Waals surface area (Å²) in [4.78, 5) is 29.3. The summed E-state index contributed by atoms with van der Waals surface area (Å²) in [6, 6.07) is 3.87. The van der Waals surface area contributed by atoms with E-state index in [-0.39, 0.29) is 47.1 Å². The summed E-state index contributed by atoms with van der Waals surface area (Å²) in [5.74, 6) is -2.07. The number of aryl methyl sites for hydroxylation is 1. The second kappa shape index (κ2) is 11.1. The fraction of sp³-hybridized carbons (Fsp3) is 0.500. The standard InChI is InChI=1S/C30H31ClF4N6O3/c1-40-14-37-24(25(40)28(43)38-19-4-7-23(32)22(31)10-19)16-8-17-11-29(44,12-18(17)9-16)21-13-41(39-26(21)30(33,34)35)20-5-2-15(3-6-20)27(36)42/h4,7,10,13-18,44H,2-3,5-6,8-9,11-12H2,1H3,(H2-,36,38,42,43)/p+1. The molecule has 1 aliphatic heterocycles. The first-order valence-electron chi connectivity index (χ1n) is 14.5. The van der Waals surface area contributed by atoms with E-state index in [2.05, 4.69) is 15.4 Å². The van der Waals surface area contributed by atoms with E-state index in [9.17, 15) is 32.3 Å². The van der Waals surface area contributed by atoms with Crippen molar-refractivity contribution < 1.29 is 36.9 Å². The minimum absolute atomic E-state index is 0.0816. The molecule has 3 fully saturated rings. The van der Waals surface area contributed by atoms with E-state index >= 15 is 0 Å². The lowest BCUT2D eigenvalue weighted by Crippen LogP contribution is -2.37. The number of nitrogens with one attached hydrogen (secondary N) is 1. The molecule has 0 radical (unpaired) electrons. The highest BCUT2D eigenvalue weighted by Gasteiger charge is 2.58. The highest BCUT2D eigenvalue weighted by atomic mass is 35.5. The summed E-state index contributed by atoms with van der Waals surface area (Å²) < 4.78 is 58.9. The smallest absolute Gasteiger partial charge is 0.385 e. The van der Waals surface area contributed by atoms with E-state index in [1.807, 2.05) is 0 Å². The van der Waals surface area contributed by atoms with Gasteiger partial charge in [0.05, 0.1) is 28.2 Å². The predicted molar refractivity (Wildman–Crippen MR) is 154 cm³/mol. The fourth-order valence-electron chi connectivity index (χ4n) is 7.44. The van der Waals surface area contributed by atoms with Crippen LogP contribution >= 0.6 is 11.6 Å². The van der Waals surface area contributed by atoms with Gasteiger partial charge in [0.15, 0.2) is 5.71 Å². The van der Waals surface area contributed by atoms with Crippen molar-refractivity contribution in [3.8, 4) is 0 Å². The number of rotatable bonds is 5. The number of nitrogens with two attached hydrogens (primary N) is 1. The largest absolute Gasteiger partial charge is 0.439 e. The van der Waals surface area contributed by atoms with Crippen LogP contribution in [0.1, 0.15) is 73.5 Å². The molecular formula is C30H32ClF4N6O3+. The number of imidazole rings is 1. The second-order valence-electron chi connectivity index (χ2n) is 12.4. The summed E-state index contributed by atoms with van der Waals surface area (Å²) in [6.07, 6.45) is 1.13. The number of aliphatic hydroxyl groups is 1. The molecule has 2 aromatic rings. The van der Waals surface area contributed by atoms with Gasteiger partial charge in [-0.05, 0) is 68.6 Å². The molecular weight excluding hydrogens is 604 g/mol. The van der Waals surface area contributed by atoms with Crippen molar-refractivity contribution in [3.05, 3.63) is 58.5 Å². The van der Waals surface area contributed by atoms with E-state index in [1.165, 1.54) is 29.3 Å². The second-order valence-corrected chi connectivity index (χ2v) is 12.8. The number of hydrogen-bond acceptors (Lipinski definition) is 5. The van der Waals surface area contributed by atoms with Crippen molar-refractivity contribution in [1.29, 1.82) is 0 Å². The zero-order valence-corrected chi connectivity index (χ0v) is 24.6. The minimum Gasteiger partial charge on any atom is -0.385 e. The Labute approximate surface area is 255 Å². The van der Waals surface area contributed by atoms with Crippen LogP contribution in [0.3, 0.4) is 0 Å². The lowest BCUT2D eigenvalue weighted by Gasteiger charge is -2.25. The van der Waals surface area contributed by atoms with Gasteiger partial charge in [0.2, 0.25) is 17.8 Å². The number of nitrogens with zero attached hydrogens (tertiary/aromatic N) is 4. The Morgan fingerprint density at radius 3 is 2.43 bits per heavy atom. The van der Waals surface area contributed by atoms with Crippen LogP contribution in [0.15, 0.2) is 41.4 Å². The van der Waals surface area contributed by atoms with Crippen LogP contribution in [-0.4, -0.2) is 54.4 Å². The summed E-state index contributed by atoms with van der Waals surface area (Å²) >= 11 is 5.85. The monoisotopic (exact) mass is 635 g/mol. The number of anilines is 1. The molecule has 1 aromatic heterocycles. The van der Waals surface area contributed by atoms with E-state index in [0.717, 1.165) is 6.07 Å². The first-order valence-corrected chi connectivity index (χ1v) is 14.9. The zero-order valence-electron chi connectivity index (χ0n) is 23.9. The summed E-state index contributed by atoms with van der Waals surface area (Å²) in [5.41, 5.74) is 4.25. The van der Waals surface area contributed by atoms with Gasteiger partial charge in [0.1, 0.15) is 11.5 Å². The number of fused-ring (bicyclic) bond motifs is 1. The van der Waals surface area contributed by atoms with E-state index in [0.29, 0.717) is 61.3 Å². The third-order valence-corrected chi connectivity index (χ3v) is 9.85. The summed E-state index contributed by atoms with van der Waals surface area (Å²) in [7, 11) is 1.69. The molecule has 44 heavy (non-hydrogen) atoms. The van der Waals surface area contributed by atoms with Gasteiger partial charge < -0.3 is 20.7 Å². The maximum atomic E-state index is 14.2. The van der Waals surface area contributed by atoms with Gasteiger partial charge in [-0.1, -0.05) is 16.3 Å². The number of hydrazone groups is 1. The number of carbonyl (C=O) groups is 2. The van der Waals surface area contributed by atoms with Crippen molar-refractivity contribution in [3.63, 3.8) is 0 Å². The number of halogens is 5. The summed E-state index contributed by atoms with van der Waals surface area (Å²) in [6.45, 7) is 0. The van der Waals surface area contributed by atoms with Gasteiger partial charge in [0.25, 0.3) is 5.91 Å². The van der Waals surface area contributed by atoms with Gasteiger partial charge >= 0.3 is 6.18 Å². The van der Waals surface area contributed by atoms with Crippen molar-refractivity contribution in [2.45, 2.75) is 69.1 Å². The number of carbonyl (C=O) groups excluding carboxylic acids is 2. The zero-order chi connectivity index (χ0) is 31.6. The molecule has 2 atom stereocenters. The Morgan fingerprint density at radius 2 is 1.84 bits per heavy atom. The van der Waals surface area contributed by atoms with E-state index < -0.39 is 35.1 Å². The average Bonchev–Trinajstić information content (AvgIpc) is 3.72. The predicted octanol–water partition coefficient (Wildman–Crippen LogP) is 5.04. The molecule has 4 N–H and O–H groups in total. The highest BCUT2D eigenvalue weighted by molar-refractivity contribution is 6.31. The Kier molecular flexibility index (Phi) is 7.68. The number of primary amides is 1. The number of benzene rings is 1. The third-order valence-electron chi connectivity index (χ3n) is 9.56. The van der Waals surface area contributed by atoms with Gasteiger partial charge in [-0.2, -0.15) is 13.2 Å². The molecule has 3 saturated carbocycles. The van der Waals surface area contributed by atoms with Crippen LogP contribution in [0, 0.1) is 23.6 Å². The maximum absolute atomic E-state index is 14.2. The fourth-order valence-corrected chi connectivity index (χ4v) is 7.62. The molecule has 9 nitrogen and oxygen atoms in total.